The highest BCUT2D eigenvalue weighted by atomic mass is 32.2. The van der Waals surface area contributed by atoms with Crippen molar-refractivity contribution in [2.45, 2.75) is 50.7 Å². The van der Waals surface area contributed by atoms with E-state index in [1.54, 1.807) is 29.7 Å². The monoisotopic (exact) mass is 506 g/mol. The van der Waals surface area contributed by atoms with Crippen molar-refractivity contribution in [2.75, 3.05) is 5.32 Å². The molecule has 180 valence electrons. The molecule has 2 aliphatic rings. The molecule has 1 saturated carbocycles. The molecule has 2 amide bonds. The number of pyridine rings is 1. The number of carbonyl (C=O) groups excluding carboxylic acids is 2. The van der Waals surface area contributed by atoms with Crippen molar-refractivity contribution in [1.82, 2.24) is 25.6 Å². The van der Waals surface area contributed by atoms with Crippen molar-refractivity contribution in [1.29, 1.82) is 0 Å². The van der Waals surface area contributed by atoms with E-state index in [0.29, 0.717) is 22.6 Å². The van der Waals surface area contributed by atoms with Gasteiger partial charge in [0.25, 0.3) is 11.1 Å². The first-order valence-corrected chi connectivity index (χ1v) is 13.4. The molecule has 0 spiro atoms. The molecule has 2 fully saturated rings. The zero-order valence-corrected chi connectivity index (χ0v) is 20.9. The van der Waals surface area contributed by atoms with Crippen molar-refractivity contribution in [2.24, 2.45) is 0 Å². The number of nitrogens with zero attached hydrogens (tertiary/aromatic N) is 3. The number of thiophene rings is 1. The fourth-order valence-corrected chi connectivity index (χ4v) is 5.68. The lowest BCUT2D eigenvalue weighted by atomic mass is 9.90. The molecule has 0 aromatic carbocycles. The molecular formula is C25H26N6O2S2. The second-order valence-corrected chi connectivity index (χ2v) is 10.5. The van der Waals surface area contributed by atoms with E-state index in [0.717, 1.165) is 54.4 Å². The molecule has 0 bridgehead atoms. The van der Waals surface area contributed by atoms with E-state index in [4.69, 9.17) is 4.98 Å². The molecule has 1 saturated heterocycles. The van der Waals surface area contributed by atoms with Crippen molar-refractivity contribution < 1.29 is 9.59 Å². The molecule has 3 N–H and O–H groups in total. The van der Waals surface area contributed by atoms with Crippen LogP contribution in [0.25, 0.3) is 17.3 Å². The third-order valence-electron chi connectivity index (χ3n) is 6.18. The number of amides is 2. The van der Waals surface area contributed by atoms with Crippen LogP contribution in [-0.4, -0.2) is 38.2 Å². The Morgan fingerprint density at radius 1 is 1.09 bits per heavy atom. The number of hydrogen-bond donors (Lipinski definition) is 3. The van der Waals surface area contributed by atoms with Gasteiger partial charge >= 0.3 is 0 Å². The van der Waals surface area contributed by atoms with Crippen LogP contribution in [0.1, 0.15) is 50.0 Å². The summed E-state index contributed by atoms with van der Waals surface area (Å²) in [5.41, 5.74) is 3.83. The second-order valence-electron chi connectivity index (χ2n) is 8.70. The molecule has 3 aromatic heterocycles. The van der Waals surface area contributed by atoms with E-state index in [2.05, 4.69) is 67.9 Å². The summed E-state index contributed by atoms with van der Waals surface area (Å²) in [6.45, 7) is 2.17. The first-order valence-electron chi connectivity index (χ1n) is 11.6. The van der Waals surface area contributed by atoms with E-state index < -0.39 is 0 Å². The first-order chi connectivity index (χ1) is 17.0. The number of carbonyl (C=O) groups is 2. The summed E-state index contributed by atoms with van der Waals surface area (Å²) in [5, 5.41) is 13.3. The van der Waals surface area contributed by atoms with Gasteiger partial charge in [-0.3, -0.25) is 19.9 Å². The zero-order valence-electron chi connectivity index (χ0n) is 19.2. The predicted molar refractivity (Wildman–Crippen MR) is 140 cm³/mol. The Morgan fingerprint density at radius 2 is 1.91 bits per heavy atom. The smallest absolute Gasteiger partial charge is 0.290 e. The first kappa shape index (κ1) is 23.7. The van der Waals surface area contributed by atoms with Crippen LogP contribution < -0.4 is 16.0 Å². The van der Waals surface area contributed by atoms with Gasteiger partial charge in [0, 0.05) is 35.3 Å². The molecule has 35 heavy (non-hydrogen) atoms. The lowest BCUT2D eigenvalue weighted by molar-refractivity contribution is -0.115. The average Bonchev–Trinajstić information content (AvgIpc) is 3.50. The normalized spacial score (nSPS) is 22.3. The Labute approximate surface area is 212 Å². The Bertz CT molecular complexity index is 1240. The Morgan fingerprint density at radius 3 is 2.66 bits per heavy atom. The molecule has 1 aliphatic carbocycles. The number of nitrogens with one attached hydrogen (secondary N) is 3. The number of anilines is 1. The van der Waals surface area contributed by atoms with Crippen LogP contribution in [0.3, 0.4) is 0 Å². The van der Waals surface area contributed by atoms with Gasteiger partial charge in [-0.1, -0.05) is 6.07 Å². The quantitative estimate of drug-likeness (QED) is 0.384. The van der Waals surface area contributed by atoms with Gasteiger partial charge in [-0.15, -0.1) is 0 Å². The summed E-state index contributed by atoms with van der Waals surface area (Å²) in [4.78, 5) is 37.2. The van der Waals surface area contributed by atoms with Crippen molar-refractivity contribution in [3.8, 4) is 11.3 Å². The zero-order chi connectivity index (χ0) is 24.2. The fourth-order valence-electron chi connectivity index (χ4n) is 4.37. The SMILES string of the molecule is CC(NC1CCC(Nc2nccc(/C=C3/SC(=O)NC3=O)n2)CC1)c1cccc(-c2ccsc2)n1. The topological polar surface area (TPSA) is 109 Å². The van der Waals surface area contributed by atoms with E-state index >= 15 is 0 Å². The van der Waals surface area contributed by atoms with Crippen LogP contribution in [0.2, 0.25) is 0 Å². The molecule has 3 aromatic rings. The third-order valence-corrected chi connectivity index (χ3v) is 7.67. The van der Waals surface area contributed by atoms with E-state index in [-0.39, 0.29) is 23.2 Å². The minimum absolute atomic E-state index is 0.175. The molecule has 1 atom stereocenters. The van der Waals surface area contributed by atoms with Gasteiger partial charge in [0.15, 0.2) is 0 Å². The fraction of sp³-hybridized carbons (Fsp3) is 0.320. The highest BCUT2D eigenvalue weighted by Gasteiger charge is 2.26. The number of aromatic nitrogens is 3. The van der Waals surface area contributed by atoms with Crippen LogP contribution in [0, 0.1) is 0 Å². The molecule has 10 heteroatoms. The maximum atomic E-state index is 11.8. The Kier molecular flexibility index (Phi) is 7.21. The van der Waals surface area contributed by atoms with Gasteiger partial charge in [-0.05, 0) is 80.1 Å². The molecule has 8 nitrogen and oxygen atoms in total. The lowest BCUT2D eigenvalue weighted by Crippen LogP contribution is -2.38. The van der Waals surface area contributed by atoms with Crippen LogP contribution >= 0.6 is 23.1 Å². The number of rotatable bonds is 7. The van der Waals surface area contributed by atoms with Gasteiger partial charge in [-0.25, -0.2) is 9.97 Å². The number of thioether (sulfide) groups is 1. The highest BCUT2D eigenvalue weighted by Crippen LogP contribution is 2.27. The van der Waals surface area contributed by atoms with Crippen molar-refractivity contribution >= 4 is 46.3 Å². The van der Waals surface area contributed by atoms with Crippen LogP contribution in [0.15, 0.2) is 52.2 Å². The summed E-state index contributed by atoms with van der Waals surface area (Å²) in [6.07, 6.45) is 7.39. The second kappa shape index (κ2) is 10.7. The number of imide groups is 1. The average molecular weight is 507 g/mol. The van der Waals surface area contributed by atoms with Gasteiger partial charge < -0.3 is 10.6 Å². The van der Waals surface area contributed by atoms with Crippen LogP contribution in [0.5, 0.6) is 0 Å². The Balaban J connectivity index is 1.14. The van der Waals surface area contributed by atoms with E-state index in [9.17, 15) is 9.59 Å². The minimum Gasteiger partial charge on any atom is -0.351 e. The highest BCUT2D eigenvalue weighted by molar-refractivity contribution is 8.18. The van der Waals surface area contributed by atoms with E-state index in [1.165, 1.54) is 0 Å². The molecule has 1 unspecified atom stereocenters. The Hall–Kier alpha value is -3.08. The maximum Gasteiger partial charge on any atom is 0.290 e. The standard InChI is InChI=1S/C25H26N6O2S2/c1-15(20-3-2-4-21(30-20)16-10-12-34-14-16)27-17-5-7-18(8-6-17)28-24-26-11-9-19(29-24)13-22-23(32)31-25(33)35-22/h2-4,9-15,17-18,27H,5-8H2,1H3,(H,26,28,29)(H,31,32,33)/b22-13+. The van der Waals surface area contributed by atoms with Crippen molar-refractivity contribution in [3.05, 3.63) is 63.6 Å². The maximum absolute atomic E-state index is 11.8. The minimum atomic E-state index is -0.387. The summed E-state index contributed by atoms with van der Waals surface area (Å²) < 4.78 is 0. The molecule has 0 radical (unpaired) electrons. The number of hydrogen-bond acceptors (Lipinski definition) is 9. The van der Waals surface area contributed by atoms with Crippen molar-refractivity contribution in [3.63, 3.8) is 0 Å². The summed E-state index contributed by atoms with van der Waals surface area (Å²) in [7, 11) is 0. The van der Waals surface area contributed by atoms with Crippen LogP contribution in [-0.2, 0) is 4.79 Å². The summed E-state index contributed by atoms with van der Waals surface area (Å²) in [5.74, 6) is 0.148. The summed E-state index contributed by atoms with van der Waals surface area (Å²) in [6, 6.07) is 10.9. The third kappa shape index (κ3) is 5.95. The molecule has 5 rings (SSSR count). The van der Waals surface area contributed by atoms with Gasteiger partial charge in [0.2, 0.25) is 5.95 Å². The van der Waals surface area contributed by atoms with Gasteiger partial charge in [0.1, 0.15) is 0 Å². The molecule has 1 aliphatic heterocycles. The van der Waals surface area contributed by atoms with Gasteiger partial charge in [0.05, 0.1) is 22.0 Å². The predicted octanol–water partition coefficient (Wildman–Crippen LogP) is 5.00. The van der Waals surface area contributed by atoms with Crippen LogP contribution in [0.4, 0.5) is 10.7 Å². The molecule has 4 heterocycles. The lowest BCUT2D eigenvalue weighted by Gasteiger charge is -2.31. The van der Waals surface area contributed by atoms with Gasteiger partial charge in [-0.2, -0.15) is 11.3 Å². The van der Waals surface area contributed by atoms with E-state index in [1.807, 2.05) is 0 Å². The molecular weight excluding hydrogens is 480 g/mol. The largest absolute Gasteiger partial charge is 0.351 e. The summed E-state index contributed by atoms with van der Waals surface area (Å²) >= 11 is 2.57.